The van der Waals surface area contributed by atoms with Crippen LogP contribution in [0.1, 0.15) is 24.8 Å². The van der Waals surface area contributed by atoms with Crippen molar-refractivity contribution in [3.05, 3.63) is 29.8 Å². The number of ether oxygens (including phenoxy) is 2. The van der Waals surface area contributed by atoms with E-state index in [1.807, 2.05) is 18.2 Å². The Kier molecular flexibility index (Phi) is 10.8. The predicted octanol–water partition coefficient (Wildman–Crippen LogP) is 2.97. The van der Waals surface area contributed by atoms with E-state index in [4.69, 9.17) is 9.47 Å². The Morgan fingerprint density at radius 1 is 1.17 bits per heavy atom. The molecule has 1 aliphatic carbocycles. The molecule has 0 radical (unpaired) electrons. The molecule has 0 aromatic heterocycles. The summed E-state index contributed by atoms with van der Waals surface area (Å²) in [5, 5.41) is 6.54. The predicted molar refractivity (Wildman–Crippen MR) is 110 cm³/mol. The molecule has 0 amide bonds. The van der Waals surface area contributed by atoms with Crippen molar-refractivity contribution in [1.29, 1.82) is 0 Å². The van der Waals surface area contributed by atoms with E-state index in [0.29, 0.717) is 13.2 Å². The van der Waals surface area contributed by atoms with Gasteiger partial charge in [0.25, 0.3) is 0 Å². The third-order valence-corrected chi connectivity index (χ3v) is 3.78. The molecule has 0 aliphatic heterocycles. The number of benzene rings is 1. The van der Waals surface area contributed by atoms with Crippen LogP contribution in [-0.4, -0.2) is 45.9 Å². The van der Waals surface area contributed by atoms with Gasteiger partial charge in [-0.05, 0) is 43.7 Å². The lowest BCUT2D eigenvalue weighted by Gasteiger charge is -2.13. The van der Waals surface area contributed by atoms with E-state index in [1.165, 1.54) is 12.8 Å². The fourth-order valence-corrected chi connectivity index (χ4v) is 2.18. The normalized spacial score (nSPS) is 14.0. The number of rotatable bonds is 10. The van der Waals surface area contributed by atoms with Gasteiger partial charge in [-0.25, -0.2) is 0 Å². The lowest BCUT2D eigenvalue weighted by molar-refractivity contribution is 0.123. The van der Waals surface area contributed by atoms with Gasteiger partial charge in [0.1, 0.15) is 12.4 Å². The molecule has 1 aliphatic rings. The summed E-state index contributed by atoms with van der Waals surface area (Å²) in [4.78, 5) is 4.20. The molecule has 1 aromatic rings. The number of nitrogens with one attached hydrogen (secondary N) is 2. The highest BCUT2D eigenvalue weighted by molar-refractivity contribution is 14.0. The molecule has 2 rings (SSSR count). The molecule has 0 unspecified atom stereocenters. The van der Waals surface area contributed by atoms with Crippen LogP contribution < -0.4 is 15.4 Å². The molecule has 1 fully saturated rings. The maximum absolute atomic E-state index is 5.75. The van der Waals surface area contributed by atoms with Gasteiger partial charge in [-0.3, -0.25) is 4.99 Å². The molecular weight excluding hydrogens is 417 g/mol. The minimum atomic E-state index is 0. The van der Waals surface area contributed by atoms with Crippen LogP contribution in [0.3, 0.4) is 0 Å². The second-order valence-corrected chi connectivity index (χ2v) is 5.91. The third kappa shape index (κ3) is 8.73. The Labute approximate surface area is 162 Å². The Hall–Kier alpha value is -1.02. The van der Waals surface area contributed by atoms with Crippen molar-refractivity contribution in [1.82, 2.24) is 10.6 Å². The molecule has 2 N–H and O–H groups in total. The number of para-hydroxylation sites is 1. The second kappa shape index (κ2) is 12.4. The average Bonchev–Trinajstić information content (AvgIpc) is 3.38. The van der Waals surface area contributed by atoms with E-state index >= 15 is 0 Å². The smallest absolute Gasteiger partial charge is 0.191 e. The number of guanidine groups is 1. The van der Waals surface area contributed by atoms with E-state index in [2.05, 4.69) is 28.6 Å². The van der Waals surface area contributed by atoms with Crippen molar-refractivity contribution in [3.8, 4) is 5.75 Å². The number of aryl methyl sites for hydroxylation is 1. The van der Waals surface area contributed by atoms with Gasteiger partial charge in [-0.1, -0.05) is 18.2 Å². The van der Waals surface area contributed by atoms with Crippen LogP contribution in [0.4, 0.5) is 0 Å². The van der Waals surface area contributed by atoms with Crippen molar-refractivity contribution < 1.29 is 9.47 Å². The summed E-state index contributed by atoms with van der Waals surface area (Å²) in [5.41, 5.74) is 1.15. The molecule has 0 spiro atoms. The molecule has 0 bridgehead atoms. The number of halogens is 1. The van der Waals surface area contributed by atoms with Crippen molar-refractivity contribution in [2.24, 2.45) is 10.9 Å². The van der Waals surface area contributed by atoms with Gasteiger partial charge in [0.05, 0.1) is 6.54 Å². The van der Waals surface area contributed by atoms with Gasteiger partial charge < -0.3 is 20.1 Å². The minimum absolute atomic E-state index is 0. The van der Waals surface area contributed by atoms with Gasteiger partial charge in [-0.15, -0.1) is 24.0 Å². The van der Waals surface area contributed by atoms with Crippen LogP contribution in [0.5, 0.6) is 5.75 Å². The number of hydrogen-bond donors (Lipinski definition) is 2. The molecule has 1 aromatic carbocycles. The second-order valence-electron chi connectivity index (χ2n) is 5.91. The zero-order chi connectivity index (χ0) is 16.3. The highest BCUT2D eigenvalue weighted by Gasteiger charge is 2.20. The molecule has 0 atom stereocenters. The molecule has 0 saturated heterocycles. The summed E-state index contributed by atoms with van der Waals surface area (Å²) < 4.78 is 11.4. The van der Waals surface area contributed by atoms with Gasteiger partial charge in [-0.2, -0.15) is 0 Å². The zero-order valence-electron chi connectivity index (χ0n) is 14.7. The van der Waals surface area contributed by atoms with Crippen LogP contribution in [0.15, 0.2) is 29.3 Å². The van der Waals surface area contributed by atoms with E-state index in [-0.39, 0.29) is 24.0 Å². The molecule has 1 saturated carbocycles. The van der Waals surface area contributed by atoms with Crippen LogP contribution >= 0.6 is 24.0 Å². The Balaban J connectivity index is 0.00000288. The quantitative estimate of drug-likeness (QED) is 0.251. The van der Waals surface area contributed by atoms with Gasteiger partial charge in [0.2, 0.25) is 0 Å². The van der Waals surface area contributed by atoms with E-state index in [9.17, 15) is 0 Å². The zero-order valence-corrected chi connectivity index (χ0v) is 17.0. The summed E-state index contributed by atoms with van der Waals surface area (Å²) in [6.07, 6.45) is 3.69. The van der Waals surface area contributed by atoms with Crippen LogP contribution in [0, 0.1) is 12.8 Å². The number of aliphatic imine (C=N–C) groups is 1. The lowest BCUT2D eigenvalue weighted by atomic mass is 10.2. The first-order chi connectivity index (χ1) is 11.3. The monoisotopic (exact) mass is 447 g/mol. The number of nitrogens with zero attached hydrogens (tertiary/aromatic N) is 1. The fourth-order valence-electron chi connectivity index (χ4n) is 2.18. The lowest BCUT2D eigenvalue weighted by Crippen LogP contribution is -2.39. The molecule has 24 heavy (non-hydrogen) atoms. The third-order valence-electron chi connectivity index (χ3n) is 3.78. The molecule has 0 heterocycles. The first kappa shape index (κ1) is 21.0. The minimum Gasteiger partial charge on any atom is -0.491 e. The first-order valence-corrected chi connectivity index (χ1v) is 8.50. The first-order valence-electron chi connectivity index (χ1n) is 8.50. The van der Waals surface area contributed by atoms with Crippen molar-refractivity contribution >= 4 is 29.9 Å². The fraction of sp³-hybridized carbons (Fsp3) is 0.611. The van der Waals surface area contributed by atoms with Crippen LogP contribution in [-0.2, 0) is 4.74 Å². The Bertz CT molecular complexity index is 493. The Morgan fingerprint density at radius 3 is 2.62 bits per heavy atom. The molecule has 5 nitrogen and oxygen atoms in total. The number of hydrogen-bond acceptors (Lipinski definition) is 3. The van der Waals surface area contributed by atoms with Crippen LogP contribution in [0.25, 0.3) is 0 Å². The Morgan fingerprint density at radius 2 is 1.92 bits per heavy atom. The van der Waals surface area contributed by atoms with E-state index < -0.39 is 0 Å². The molecule has 6 heteroatoms. The van der Waals surface area contributed by atoms with Gasteiger partial charge >= 0.3 is 0 Å². The highest BCUT2D eigenvalue weighted by atomic mass is 127. The topological polar surface area (TPSA) is 54.9 Å². The van der Waals surface area contributed by atoms with Crippen molar-refractivity contribution in [2.45, 2.75) is 26.2 Å². The van der Waals surface area contributed by atoms with E-state index in [1.54, 1.807) is 7.05 Å². The highest BCUT2D eigenvalue weighted by Crippen LogP contribution is 2.28. The molecular formula is C18H30IN3O2. The summed E-state index contributed by atoms with van der Waals surface area (Å²) in [6, 6.07) is 8.04. The van der Waals surface area contributed by atoms with Gasteiger partial charge in [0.15, 0.2) is 5.96 Å². The van der Waals surface area contributed by atoms with E-state index in [0.717, 1.165) is 49.4 Å². The van der Waals surface area contributed by atoms with Crippen molar-refractivity contribution in [2.75, 3.05) is 40.0 Å². The summed E-state index contributed by atoms with van der Waals surface area (Å²) in [7, 11) is 1.78. The summed E-state index contributed by atoms with van der Waals surface area (Å²) in [5.74, 6) is 2.58. The maximum Gasteiger partial charge on any atom is 0.191 e. The maximum atomic E-state index is 5.75. The molecule has 136 valence electrons. The SMILES string of the molecule is CN=C(NCCCOCC1CC1)NCCOc1ccccc1C.I. The standard InChI is InChI=1S/C18H29N3O2.HI/c1-15-6-3-4-7-17(15)23-13-11-21-18(19-2)20-10-5-12-22-14-16-8-9-16;/h3-4,6-7,16H,5,8-14H2,1-2H3,(H2,19,20,21);1H. The summed E-state index contributed by atoms with van der Waals surface area (Å²) >= 11 is 0. The van der Waals surface area contributed by atoms with Crippen molar-refractivity contribution in [3.63, 3.8) is 0 Å². The summed E-state index contributed by atoms with van der Waals surface area (Å²) in [6.45, 7) is 5.99. The van der Waals surface area contributed by atoms with Gasteiger partial charge in [0, 0.05) is 26.8 Å². The van der Waals surface area contributed by atoms with Crippen LogP contribution in [0.2, 0.25) is 0 Å². The average molecular weight is 447 g/mol. The largest absolute Gasteiger partial charge is 0.491 e.